The van der Waals surface area contributed by atoms with Crippen molar-refractivity contribution in [3.8, 4) is 0 Å². The number of nitrogens with zero attached hydrogens (tertiary/aromatic N) is 4. The quantitative estimate of drug-likeness (QED) is 0.743. The first-order valence-corrected chi connectivity index (χ1v) is 4.03. The Kier molecular flexibility index (Phi) is 2.91. The fraction of sp³-hybridized carbons (Fsp3) is 0.833. The minimum absolute atomic E-state index is 0.138. The van der Waals surface area contributed by atoms with E-state index in [2.05, 4.69) is 15.4 Å². The molecule has 0 aromatic carbocycles. The van der Waals surface area contributed by atoms with Crippen molar-refractivity contribution in [1.29, 1.82) is 0 Å². The van der Waals surface area contributed by atoms with Gasteiger partial charge in [-0.3, -0.25) is 0 Å². The van der Waals surface area contributed by atoms with Crippen LogP contribution in [0, 0.1) is 0 Å². The van der Waals surface area contributed by atoms with E-state index in [9.17, 15) is 22.0 Å². The number of halogens is 5. The molecule has 1 heterocycles. The van der Waals surface area contributed by atoms with Gasteiger partial charge in [0, 0.05) is 6.42 Å². The third-order valence-electron chi connectivity index (χ3n) is 1.52. The molecule has 86 valence electrons. The molecule has 0 bridgehead atoms. The van der Waals surface area contributed by atoms with E-state index in [0.29, 0.717) is 6.42 Å². The Morgan fingerprint density at radius 2 is 1.80 bits per heavy atom. The third-order valence-corrected chi connectivity index (χ3v) is 1.52. The minimum Gasteiger partial charge on any atom is -0.169 e. The summed E-state index contributed by atoms with van der Waals surface area (Å²) in [6.45, 7) is 1.71. The number of alkyl halides is 5. The number of hydrogen-bond acceptors (Lipinski definition) is 3. The second-order valence-electron chi connectivity index (χ2n) is 2.78. The summed E-state index contributed by atoms with van der Waals surface area (Å²) in [7, 11) is 0. The summed E-state index contributed by atoms with van der Waals surface area (Å²) in [5.41, 5.74) is 0. The zero-order valence-corrected chi connectivity index (χ0v) is 7.59. The molecule has 4 nitrogen and oxygen atoms in total. The maximum atomic E-state index is 12.6. The first-order valence-electron chi connectivity index (χ1n) is 4.03. The molecule has 0 fully saturated rings. The van der Waals surface area contributed by atoms with Gasteiger partial charge in [-0.25, -0.2) is 0 Å². The van der Waals surface area contributed by atoms with Crippen LogP contribution in [-0.2, 0) is 12.5 Å². The summed E-state index contributed by atoms with van der Waals surface area (Å²) in [6, 6.07) is -5.12. The SMILES string of the molecule is CCCc1nnn(C(F)(F)C(F)(F)F)n1. The summed E-state index contributed by atoms with van der Waals surface area (Å²) < 4.78 is 60.7. The van der Waals surface area contributed by atoms with Crippen LogP contribution in [0.3, 0.4) is 0 Å². The molecule has 1 aromatic heterocycles. The Balaban J connectivity index is 2.95. The van der Waals surface area contributed by atoms with Crippen molar-refractivity contribution in [2.24, 2.45) is 0 Å². The van der Waals surface area contributed by atoms with Gasteiger partial charge in [0.25, 0.3) is 0 Å². The van der Waals surface area contributed by atoms with Crippen molar-refractivity contribution in [2.45, 2.75) is 32.0 Å². The van der Waals surface area contributed by atoms with E-state index < -0.39 is 17.0 Å². The van der Waals surface area contributed by atoms with Crippen LogP contribution in [-0.4, -0.2) is 26.4 Å². The van der Waals surface area contributed by atoms with Crippen molar-refractivity contribution in [1.82, 2.24) is 20.2 Å². The molecule has 9 heteroatoms. The lowest BCUT2D eigenvalue weighted by molar-refractivity contribution is -0.333. The van der Waals surface area contributed by atoms with Gasteiger partial charge in [0.2, 0.25) is 0 Å². The van der Waals surface area contributed by atoms with Crippen LogP contribution in [0.5, 0.6) is 0 Å². The Labute approximate surface area is 81.1 Å². The molecule has 0 saturated heterocycles. The molecule has 1 rings (SSSR count). The summed E-state index contributed by atoms with van der Waals surface area (Å²) in [4.78, 5) is -0.710. The molecule has 0 amide bonds. The summed E-state index contributed by atoms with van der Waals surface area (Å²) in [5, 5.41) is 8.73. The largest absolute Gasteiger partial charge is 0.479 e. The van der Waals surface area contributed by atoms with Crippen LogP contribution < -0.4 is 0 Å². The van der Waals surface area contributed by atoms with Crippen LogP contribution in [0.2, 0.25) is 0 Å². The van der Waals surface area contributed by atoms with Crippen LogP contribution in [0.15, 0.2) is 0 Å². The highest BCUT2D eigenvalue weighted by Gasteiger charge is 2.61. The molecule has 1 aromatic rings. The molecule has 0 unspecified atom stereocenters. The molecule has 0 saturated carbocycles. The Bertz CT molecular complexity index is 331. The molecule has 0 aliphatic carbocycles. The van der Waals surface area contributed by atoms with E-state index in [1.807, 2.05) is 0 Å². The predicted octanol–water partition coefficient (Wildman–Crippen LogP) is 1.74. The zero-order valence-electron chi connectivity index (χ0n) is 7.59. The maximum Gasteiger partial charge on any atom is 0.479 e. The van der Waals surface area contributed by atoms with Crippen LogP contribution in [0.1, 0.15) is 19.2 Å². The van der Waals surface area contributed by atoms with Crippen LogP contribution in [0.4, 0.5) is 22.0 Å². The number of rotatable bonds is 3. The lowest BCUT2D eigenvalue weighted by Crippen LogP contribution is -2.41. The zero-order chi connectivity index (χ0) is 11.7. The van der Waals surface area contributed by atoms with E-state index in [4.69, 9.17) is 0 Å². The summed E-state index contributed by atoms with van der Waals surface area (Å²) in [6.07, 6.45) is -4.99. The molecular weight excluding hydrogens is 223 g/mol. The van der Waals surface area contributed by atoms with Gasteiger partial charge in [-0.2, -0.15) is 22.0 Å². The van der Waals surface area contributed by atoms with E-state index in [1.165, 1.54) is 0 Å². The second kappa shape index (κ2) is 3.70. The molecule has 0 aliphatic heterocycles. The van der Waals surface area contributed by atoms with Gasteiger partial charge in [-0.15, -0.1) is 10.2 Å². The van der Waals surface area contributed by atoms with E-state index >= 15 is 0 Å². The molecule has 15 heavy (non-hydrogen) atoms. The topological polar surface area (TPSA) is 43.6 Å². The maximum absolute atomic E-state index is 12.6. The van der Waals surface area contributed by atoms with Gasteiger partial charge in [-0.05, 0) is 11.6 Å². The van der Waals surface area contributed by atoms with Crippen LogP contribution in [0.25, 0.3) is 0 Å². The van der Waals surface area contributed by atoms with Gasteiger partial charge in [0.15, 0.2) is 5.82 Å². The fourth-order valence-electron chi connectivity index (χ4n) is 0.799. The third kappa shape index (κ3) is 2.21. The summed E-state index contributed by atoms with van der Waals surface area (Å²) >= 11 is 0. The lowest BCUT2D eigenvalue weighted by atomic mass is 10.3. The van der Waals surface area contributed by atoms with Gasteiger partial charge >= 0.3 is 12.2 Å². The van der Waals surface area contributed by atoms with Gasteiger partial charge < -0.3 is 0 Å². The first kappa shape index (κ1) is 11.8. The Morgan fingerprint density at radius 3 is 2.27 bits per heavy atom. The highest BCUT2D eigenvalue weighted by Crippen LogP contribution is 2.38. The lowest BCUT2D eigenvalue weighted by Gasteiger charge is -2.16. The molecule has 0 atom stereocenters. The molecular formula is C6H7F5N4. The second-order valence-corrected chi connectivity index (χ2v) is 2.78. The minimum atomic E-state index is -5.73. The predicted molar refractivity (Wildman–Crippen MR) is 38.1 cm³/mol. The highest BCUT2D eigenvalue weighted by molar-refractivity contribution is 4.78. The number of tetrazole rings is 1. The average Bonchev–Trinajstić information content (AvgIpc) is 2.51. The van der Waals surface area contributed by atoms with Gasteiger partial charge in [-0.1, -0.05) is 11.7 Å². The Hall–Kier alpha value is -1.28. The van der Waals surface area contributed by atoms with Crippen LogP contribution >= 0.6 is 0 Å². The number of hydrogen-bond donors (Lipinski definition) is 0. The van der Waals surface area contributed by atoms with Crippen molar-refractivity contribution in [2.75, 3.05) is 0 Å². The highest BCUT2D eigenvalue weighted by atomic mass is 19.4. The van der Waals surface area contributed by atoms with Crippen molar-refractivity contribution >= 4 is 0 Å². The normalized spacial score (nSPS) is 13.2. The van der Waals surface area contributed by atoms with Crippen molar-refractivity contribution in [3.63, 3.8) is 0 Å². The standard InChI is InChI=1S/C6H7F5N4/c1-2-3-4-12-14-15(13-4)6(10,11)5(7,8)9/h2-3H2,1H3. The van der Waals surface area contributed by atoms with E-state index in [0.717, 1.165) is 0 Å². The van der Waals surface area contributed by atoms with E-state index in [-0.39, 0.29) is 12.2 Å². The smallest absolute Gasteiger partial charge is 0.169 e. The van der Waals surface area contributed by atoms with Gasteiger partial charge in [0.1, 0.15) is 0 Å². The molecule has 0 radical (unpaired) electrons. The molecule has 0 N–H and O–H groups in total. The fourth-order valence-corrected chi connectivity index (χ4v) is 0.799. The molecule has 0 spiro atoms. The van der Waals surface area contributed by atoms with E-state index in [1.54, 1.807) is 6.92 Å². The molecule has 0 aliphatic rings. The van der Waals surface area contributed by atoms with Crippen molar-refractivity contribution < 1.29 is 22.0 Å². The van der Waals surface area contributed by atoms with Gasteiger partial charge in [0.05, 0.1) is 0 Å². The monoisotopic (exact) mass is 230 g/mol. The number of aryl methyl sites for hydroxylation is 1. The first-order chi connectivity index (χ1) is 6.79. The summed E-state index contributed by atoms with van der Waals surface area (Å²) in [5.74, 6) is -0.138. The Morgan fingerprint density at radius 1 is 1.20 bits per heavy atom. The van der Waals surface area contributed by atoms with Crippen molar-refractivity contribution in [3.05, 3.63) is 5.82 Å². The number of aromatic nitrogens is 4. The average molecular weight is 230 g/mol.